The van der Waals surface area contributed by atoms with Gasteiger partial charge in [0.25, 0.3) is 17.5 Å². The first kappa shape index (κ1) is 34.5. The maximum atomic E-state index is 14.6. The second-order valence-corrected chi connectivity index (χ2v) is 14.7. The van der Waals surface area contributed by atoms with Crippen molar-refractivity contribution in [2.24, 2.45) is 0 Å². The number of nitro benzene ring substituents is 1. The molecule has 0 aromatic heterocycles. The lowest BCUT2D eigenvalue weighted by molar-refractivity contribution is -0.384. The van der Waals surface area contributed by atoms with Crippen LogP contribution in [-0.2, 0) is 17.6 Å². The Kier molecular flexibility index (Phi) is 7.62. The second kappa shape index (κ2) is 12.1. The second-order valence-electron chi connectivity index (χ2n) is 14.7. The summed E-state index contributed by atoms with van der Waals surface area (Å²) < 4.78 is 23.7. The molecule has 5 atom stereocenters. The van der Waals surface area contributed by atoms with E-state index in [1.807, 2.05) is 24.9 Å². The summed E-state index contributed by atoms with van der Waals surface area (Å²) >= 11 is 0. The number of benzene rings is 4. The molecular weight excluding hydrogens is 710 g/mol. The van der Waals surface area contributed by atoms with Crippen LogP contribution in [0.5, 0.6) is 28.7 Å². The predicted molar refractivity (Wildman–Crippen MR) is 193 cm³/mol. The van der Waals surface area contributed by atoms with Crippen LogP contribution in [0.15, 0.2) is 36.4 Å². The van der Waals surface area contributed by atoms with E-state index in [0.717, 1.165) is 16.0 Å². The fraction of sp³-hybridized carbons (Fsp3) is 0.350. The Labute approximate surface area is 314 Å². The summed E-state index contributed by atoms with van der Waals surface area (Å²) in [4.78, 5) is 58.3. The average molecular weight is 746 g/mol. The van der Waals surface area contributed by atoms with Crippen molar-refractivity contribution in [3.05, 3.63) is 91.0 Å². The molecule has 280 valence electrons. The summed E-state index contributed by atoms with van der Waals surface area (Å²) in [5.74, 6) is -0.652. The molecule has 0 saturated carbocycles. The lowest BCUT2D eigenvalue weighted by Crippen LogP contribution is -2.69. The maximum absolute atomic E-state index is 14.6. The van der Waals surface area contributed by atoms with Gasteiger partial charge in [0.1, 0.15) is 11.8 Å². The Bertz CT molecular complexity index is 2490. The number of imide groups is 1. The molecule has 4 aromatic rings. The number of phenols is 1. The zero-order valence-electron chi connectivity index (χ0n) is 30.5. The molecule has 4 aromatic carbocycles. The number of aryl methyl sites for hydroxylation is 1. The number of esters is 1. The van der Waals surface area contributed by atoms with Crippen LogP contribution in [0.1, 0.15) is 73.1 Å². The minimum absolute atomic E-state index is 0.00898. The van der Waals surface area contributed by atoms with E-state index in [4.69, 9.17) is 18.9 Å². The normalized spacial score (nSPS) is 23.5. The van der Waals surface area contributed by atoms with E-state index in [0.29, 0.717) is 56.7 Å². The molecule has 5 heterocycles. The molecular formula is C40H35N5O10. The molecule has 1 saturated heterocycles. The molecule has 2 amide bonds. The number of nitriles is 1. The number of non-ortho nitro benzene ring substituents is 1. The third-order valence-corrected chi connectivity index (χ3v) is 12.0. The number of hydrogen-bond donors (Lipinski definition) is 1. The van der Waals surface area contributed by atoms with Crippen LogP contribution in [0.4, 0.5) is 5.69 Å². The van der Waals surface area contributed by atoms with Crippen molar-refractivity contribution in [2.45, 2.75) is 63.8 Å². The number of piperazine rings is 1. The number of methoxy groups -OCH3 is 1. The summed E-state index contributed by atoms with van der Waals surface area (Å²) in [6.45, 7) is 4.46. The highest BCUT2D eigenvalue weighted by Gasteiger charge is 2.57. The first-order chi connectivity index (χ1) is 26.4. The van der Waals surface area contributed by atoms with Gasteiger partial charge < -0.3 is 24.1 Å². The zero-order valence-corrected chi connectivity index (χ0v) is 30.5. The van der Waals surface area contributed by atoms with Crippen molar-refractivity contribution in [1.29, 1.82) is 5.26 Å². The predicted octanol–water partition coefficient (Wildman–Crippen LogP) is 4.80. The van der Waals surface area contributed by atoms with Gasteiger partial charge >= 0.3 is 5.97 Å². The van der Waals surface area contributed by atoms with E-state index in [1.165, 1.54) is 26.2 Å². The number of amides is 2. The van der Waals surface area contributed by atoms with Crippen molar-refractivity contribution < 1.29 is 43.4 Å². The number of aromatic hydroxyl groups is 1. The maximum Gasteiger partial charge on any atom is 0.308 e. The van der Waals surface area contributed by atoms with Crippen molar-refractivity contribution in [2.75, 3.05) is 27.5 Å². The molecule has 0 spiro atoms. The van der Waals surface area contributed by atoms with Gasteiger partial charge in [0, 0.05) is 70.9 Å². The zero-order chi connectivity index (χ0) is 38.8. The van der Waals surface area contributed by atoms with Crippen LogP contribution in [-0.4, -0.2) is 88.1 Å². The summed E-state index contributed by atoms with van der Waals surface area (Å²) in [5.41, 5.74) is 3.78. The molecule has 9 rings (SSSR count). The molecule has 1 fully saturated rings. The van der Waals surface area contributed by atoms with E-state index in [2.05, 4.69) is 11.0 Å². The van der Waals surface area contributed by atoms with Crippen LogP contribution >= 0.6 is 0 Å². The van der Waals surface area contributed by atoms with Gasteiger partial charge in [-0.05, 0) is 56.3 Å². The third kappa shape index (κ3) is 4.71. The highest BCUT2D eigenvalue weighted by Crippen LogP contribution is 2.58. The average Bonchev–Trinajstić information content (AvgIpc) is 3.64. The van der Waals surface area contributed by atoms with Gasteiger partial charge in [0.2, 0.25) is 6.79 Å². The number of nitrogens with zero attached hydrogens (tertiary/aromatic N) is 5. The number of carbonyl (C=O) groups excluding carboxylic acids is 3. The SMILES string of the molecule is COc1c(C)cc2c(c1O)[C@@H]1C3Cc4c(OC(C)=O)c(C)c5c(c4[C@H](CN4C(=O)c6cccc7cc([N+](=O)[O-])cc(c67)C4=O)N3C(C#N)[C@H](C2)N1C)OCO5. The fourth-order valence-corrected chi connectivity index (χ4v) is 9.88. The number of fused-ring (bicyclic) bond motifs is 9. The van der Waals surface area contributed by atoms with Crippen molar-refractivity contribution >= 4 is 34.2 Å². The molecule has 5 aliphatic rings. The van der Waals surface area contributed by atoms with Crippen LogP contribution in [0.25, 0.3) is 10.8 Å². The van der Waals surface area contributed by atoms with Gasteiger partial charge in [0.15, 0.2) is 23.0 Å². The number of rotatable bonds is 5. The molecule has 5 aliphatic heterocycles. The van der Waals surface area contributed by atoms with Gasteiger partial charge in [-0.1, -0.05) is 18.2 Å². The standard InChI is InChI=1S/C40H35N5O10/c1-17-9-21-11-26-28(14-41)44-27(33(42(26)4)31(21)34(47)35(17)52-5)13-24-32(38-37(53-16-54-38)18(2)36(24)55-19(3)46)29(44)15-43-39(48)23-8-6-7-20-10-22(45(50)51)12-25(30(20)23)40(43)49/h6-10,12,26-29,33,47H,11,13,15-16H2,1-5H3/t26-,27?,28?,29-,33-/m0/s1. The Morgan fingerprint density at radius 1 is 1.05 bits per heavy atom. The fourth-order valence-electron chi connectivity index (χ4n) is 9.88. The van der Waals surface area contributed by atoms with Gasteiger partial charge in [-0.25, -0.2) is 0 Å². The minimum atomic E-state index is -0.925. The molecule has 15 heteroatoms. The Hall–Kier alpha value is -6.24. The van der Waals surface area contributed by atoms with E-state index in [-0.39, 0.29) is 54.1 Å². The molecule has 1 N–H and O–H groups in total. The molecule has 0 radical (unpaired) electrons. The topological polar surface area (TPSA) is 185 Å². The minimum Gasteiger partial charge on any atom is -0.504 e. The lowest BCUT2D eigenvalue weighted by Gasteiger charge is -2.60. The number of carbonyl (C=O) groups is 3. The molecule has 55 heavy (non-hydrogen) atoms. The van der Waals surface area contributed by atoms with E-state index in [1.54, 1.807) is 25.1 Å². The van der Waals surface area contributed by atoms with E-state index >= 15 is 0 Å². The molecule has 15 nitrogen and oxygen atoms in total. The highest BCUT2D eigenvalue weighted by atomic mass is 16.7. The lowest BCUT2D eigenvalue weighted by atomic mass is 9.71. The summed E-state index contributed by atoms with van der Waals surface area (Å²) in [5, 5.41) is 35.6. The van der Waals surface area contributed by atoms with Crippen molar-refractivity contribution in [3.8, 4) is 34.8 Å². The largest absolute Gasteiger partial charge is 0.504 e. The monoisotopic (exact) mass is 745 g/mol. The first-order valence-electron chi connectivity index (χ1n) is 17.8. The van der Waals surface area contributed by atoms with Gasteiger partial charge in [-0.15, -0.1) is 0 Å². The third-order valence-electron chi connectivity index (χ3n) is 12.0. The van der Waals surface area contributed by atoms with Gasteiger partial charge in [-0.3, -0.25) is 39.2 Å². The summed E-state index contributed by atoms with van der Waals surface area (Å²) in [6.07, 6.45) is 0.629. The smallest absolute Gasteiger partial charge is 0.308 e. The van der Waals surface area contributed by atoms with Crippen LogP contribution in [0.2, 0.25) is 0 Å². The van der Waals surface area contributed by atoms with Crippen LogP contribution in [0.3, 0.4) is 0 Å². The van der Waals surface area contributed by atoms with E-state index in [9.17, 15) is 34.9 Å². The number of phenolic OH excluding ortho intramolecular Hbond substituents is 1. The first-order valence-corrected chi connectivity index (χ1v) is 17.8. The van der Waals surface area contributed by atoms with Gasteiger partial charge in [-0.2, -0.15) is 5.26 Å². The quantitative estimate of drug-likeness (QED) is 0.0967. The van der Waals surface area contributed by atoms with Gasteiger partial charge in [0.05, 0.1) is 35.7 Å². The Morgan fingerprint density at radius 3 is 2.51 bits per heavy atom. The highest BCUT2D eigenvalue weighted by molar-refractivity contribution is 6.25. The summed E-state index contributed by atoms with van der Waals surface area (Å²) in [6, 6.07) is 8.66. The van der Waals surface area contributed by atoms with Crippen molar-refractivity contribution in [3.63, 3.8) is 0 Å². The number of nitro groups is 1. The number of likely N-dealkylation sites (N-methyl/N-ethyl adjacent to an activating group) is 1. The Morgan fingerprint density at radius 2 is 1.80 bits per heavy atom. The number of ether oxygens (including phenoxy) is 4. The molecule has 2 bridgehead atoms. The number of hydrogen-bond acceptors (Lipinski definition) is 13. The molecule has 0 aliphatic carbocycles. The van der Waals surface area contributed by atoms with Crippen molar-refractivity contribution in [1.82, 2.24) is 14.7 Å². The van der Waals surface area contributed by atoms with Crippen LogP contribution < -0.4 is 18.9 Å². The summed E-state index contributed by atoms with van der Waals surface area (Å²) in [7, 11) is 3.41. The molecule has 2 unspecified atom stereocenters. The van der Waals surface area contributed by atoms with E-state index < -0.39 is 46.9 Å². The van der Waals surface area contributed by atoms with Crippen LogP contribution in [0, 0.1) is 35.3 Å². The Balaban J connectivity index is 1.29.